The fourth-order valence-electron chi connectivity index (χ4n) is 1.10. The van der Waals surface area contributed by atoms with E-state index in [1.165, 1.54) is 20.3 Å². The molecule has 16 heavy (non-hydrogen) atoms. The van der Waals surface area contributed by atoms with Gasteiger partial charge in [-0.15, -0.1) is 0 Å². The molecule has 0 heterocycles. The summed E-state index contributed by atoms with van der Waals surface area (Å²) in [7, 11) is 2.77. The normalized spacial score (nSPS) is 10.4. The molecule has 0 N–H and O–H groups in total. The minimum Gasteiger partial charge on any atom is -0.497 e. The Balaban J connectivity index is 3.05. The van der Waals surface area contributed by atoms with Crippen LogP contribution in [0.25, 0.3) is 0 Å². The van der Waals surface area contributed by atoms with Crippen molar-refractivity contribution < 1.29 is 14.4 Å². The Morgan fingerprint density at radius 1 is 1.44 bits per heavy atom. The zero-order valence-electron chi connectivity index (χ0n) is 8.93. The van der Waals surface area contributed by atoms with Gasteiger partial charge in [-0.25, -0.2) is 0 Å². The maximum absolute atomic E-state index is 11.7. The minimum absolute atomic E-state index is 0.296. The molecule has 1 aromatic carbocycles. The molecular weight excluding hydrogens is 208 g/mol. The quantitative estimate of drug-likeness (QED) is 0.435. The Hall–Kier alpha value is -2.35. The molecule has 0 saturated carbocycles. The van der Waals surface area contributed by atoms with E-state index < -0.39 is 5.78 Å². The Bertz CT molecular complexity index is 461. The van der Waals surface area contributed by atoms with Crippen LogP contribution in [0.5, 0.6) is 5.75 Å². The predicted molar refractivity (Wildman–Crippen MR) is 57.4 cm³/mol. The molecule has 0 saturated heterocycles. The van der Waals surface area contributed by atoms with Gasteiger partial charge in [0.25, 0.3) is 0 Å². The second kappa shape index (κ2) is 5.51. The molecule has 0 amide bonds. The molecule has 0 aliphatic heterocycles. The molecule has 0 fully saturated rings. The summed E-state index contributed by atoms with van der Waals surface area (Å²) in [6, 6.07) is 8.15. The number of oxime groups is 1. The number of carbonyl (C=O) groups excluding carboxylic acids is 1. The monoisotopic (exact) mass is 218 g/mol. The fraction of sp³-hybridized carbons (Fsp3) is 0.182. The molecule has 0 radical (unpaired) electrons. The maximum atomic E-state index is 11.7. The van der Waals surface area contributed by atoms with Gasteiger partial charge >= 0.3 is 0 Å². The summed E-state index contributed by atoms with van der Waals surface area (Å²) in [5.74, 6) is 0.0452. The maximum Gasteiger partial charge on any atom is 0.227 e. The summed E-state index contributed by atoms with van der Waals surface area (Å²) in [5, 5.41) is 12.0. The highest BCUT2D eigenvalue weighted by Gasteiger charge is 2.14. The van der Waals surface area contributed by atoms with Crippen molar-refractivity contribution in [2.45, 2.75) is 0 Å². The topological polar surface area (TPSA) is 71.7 Å². The van der Waals surface area contributed by atoms with E-state index in [-0.39, 0.29) is 5.71 Å². The van der Waals surface area contributed by atoms with Gasteiger partial charge in [-0.05, 0) is 12.1 Å². The van der Waals surface area contributed by atoms with E-state index in [1.807, 2.05) is 0 Å². The van der Waals surface area contributed by atoms with E-state index in [1.54, 1.807) is 24.3 Å². The Morgan fingerprint density at radius 2 is 2.19 bits per heavy atom. The lowest BCUT2D eigenvalue weighted by atomic mass is 10.1. The summed E-state index contributed by atoms with van der Waals surface area (Å²) >= 11 is 0. The first-order valence-corrected chi connectivity index (χ1v) is 4.43. The van der Waals surface area contributed by atoms with E-state index in [9.17, 15) is 4.79 Å². The summed E-state index contributed by atoms with van der Waals surface area (Å²) in [5.41, 5.74) is 0.0347. The first kappa shape index (κ1) is 11.7. The standard InChI is InChI=1S/C11H10N2O3/c1-15-9-5-3-4-8(6-9)11(14)10(7-12)13-16-2/h3-6H,1-2H3/b13-10+. The smallest absolute Gasteiger partial charge is 0.227 e. The van der Waals surface area contributed by atoms with Crippen molar-refractivity contribution in [3.63, 3.8) is 0 Å². The van der Waals surface area contributed by atoms with E-state index in [4.69, 9.17) is 10.00 Å². The van der Waals surface area contributed by atoms with Crippen molar-refractivity contribution in [1.29, 1.82) is 5.26 Å². The number of Topliss-reactive ketones (excluding diaryl/α,β-unsaturated/α-hetero) is 1. The summed E-state index contributed by atoms with van der Waals surface area (Å²) in [6.07, 6.45) is 0. The SMILES string of the molecule is CO/N=C(\C#N)C(=O)c1cccc(OC)c1. The Kier molecular flexibility index (Phi) is 4.04. The molecular formula is C11H10N2O3. The van der Waals surface area contributed by atoms with E-state index >= 15 is 0 Å². The number of rotatable bonds is 4. The average molecular weight is 218 g/mol. The Labute approximate surface area is 92.9 Å². The number of nitrogens with zero attached hydrogens (tertiary/aromatic N) is 2. The molecule has 0 unspecified atom stereocenters. The van der Waals surface area contributed by atoms with Gasteiger partial charge in [0.1, 0.15) is 18.9 Å². The van der Waals surface area contributed by atoms with Crippen LogP contribution in [-0.2, 0) is 4.84 Å². The second-order valence-corrected chi connectivity index (χ2v) is 2.80. The predicted octanol–water partition coefficient (Wildman–Crippen LogP) is 1.40. The molecule has 1 rings (SSSR count). The van der Waals surface area contributed by atoms with Gasteiger partial charge in [0.15, 0.2) is 0 Å². The summed E-state index contributed by atoms with van der Waals surface area (Å²) in [6.45, 7) is 0. The third-order valence-electron chi connectivity index (χ3n) is 1.84. The molecule has 0 aliphatic carbocycles. The number of nitriles is 1. The van der Waals surface area contributed by atoms with Gasteiger partial charge in [0, 0.05) is 5.56 Å². The first-order chi connectivity index (χ1) is 7.72. The number of ether oxygens (including phenoxy) is 1. The highest BCUT2D eigenvalue weighted by atomic mass is 16.6. The zero-order chi connectivity index (χ0) is 12.0. The second-order valence-electron chi connectivity index (χ2n) is 2.80. The molecule has 5 nitrogen and oxygen atoms in total. The van der Waals surface area contributed by atoms with Gasteiger partial charge in [0.05, 0.1) is 7.11 Å². The fourth-order valence-corrected chi connectivity index (χ4v) is 1.10. The molecule has 1 aromatic rings. The molecule has 82 valence electrons. The van der Waals surface area contributed by atoms with E-state index in [0.29, 0.717) is 11.3 Å². The lowest BCUT2D eigenvalue weighted by Crippen LogP contribution is -2.12. The molecule has 0 aliphatic rings. The molecule has 0 atom stereocenters. The molecule has 0 bridgehead atoms. The number of hydrogen-bond acceptors (Lipinski definition) is 5. The van der Waals surface area contributed by atoms with Crippen LogP contribution in [0.15, 0.2) is 29.4 Å². The van der Waals surface area contributed by atoms with Crippen LogP contribution in [0.2, 0.25) is 0 Å². The third-order valence-corrected chi connectivity index (χ3v) is 1.84. The van der Waals surface area contributed by atoms with Gasteiger partial charge in [0.2, 0.25) is 11.5 Å². The van der Waals surface area contributed by atoms with Gasteiger partial charge < -0.3 is 9.57 Å². The van der Waals surface area contributed by atoms with Crippen LogP contribution in [0.3, 0.4) is 0 Å². The molecule has 0 aromatic heterocycles. The number of carbonyl (C=O) groups is 1. The van der Waals surface area contributed by atoms with Crippen LogP contribution >= 0.6 is 0 Å². The minimum atomic E-state index is -0.497. The molecule has 0 spiro atoms. The van der Waals surface area contributed by atoms with Gasteiger partial charge in [-0.2, -0.15) is 5.26 Å². The van der Waals surface area contributed by atoms with Crippen LogP contribution in [-0.4, -0.2) is 25.7 Å². The van der Waals surface area contributed by atoms with Gasteiger partial charge in [-0.1, -0.05) is 17.3 Å². The zero-order valence-corrected chi connectivity index (χ0v) is 8.93. The number of ketones is 1. The van der Waals surface area contributed by atoms with Crippen LogP contribution in [0.4, 0.5) is 0 Å². The Morgan fingerprint density at radius 3 is 2.75 bits per heavy atom. The first-order valence-electron chi connectivity index (χ1n) is 4.43. The summed E-state index contributed by atoms with van der Waals surface area (Å²) < 4.78 is 4.97. The van der Waals surface area contributed by atoms with Crippen molar-refractivity contribution in [2.75, 3.05) is 14.2 Å². The molecule has 5 heteroatoms. The van der Waals surface area contributed by atoms with E-state index in [0.717, 1.165) is 0 Å². The summed E-state index contributed by atoms with van der Waals surface area (Å²) in [4.78, 5) is 16.2. The van der Waals surface area contributed by atoms with Crippen molar-refractivity contribution in [1.82, 2.24) is 0 Å². The van der Waals surface area contributed by atoms with Crippen molar-refractivity contribution in [2.24, 2.45) is 5.16 Å². The third kappa shape index (κ3) is 2.58. The highest BCUT2D eigenvalue weighted by Crippen LogP contribution is 2.13. The average Bonchev–Trinajstić information content (AvgIpc) is 2.35. The number of hydrogen-bond donors (Lipinski definition) is 0. The van der Waals surface area contributed by atoms with E-state index in [2.05, 4.69) is 9.99 Å². The van der Waals surface area contributed by atoms with Crippen molar-refractivity contribution in [3.8, 4) is 11.8 Å². The number of methoxy groups -OCH3 is 1. The number of benzene rings is 1. The van der Waals surface area contributed by atoms with Crippen LogP contribution in [0.1, 0.15) is 10.4 Å². The van der Waals surface area contributed by atoms with Crippen molar-refractivity contribution >= 4 is 11.5 Å². The van der Waals surface area contributed by atoms with Crippen molar-refractivity contribution in [3.05, 3.63) is 29.8 Å². The largest absolute Gasteiger partial charge is 0.497 e. The lowest BCUT2D eigenvalue weighted by molar-refractivity contribution is 0.105. The van der Waals surface area contributed by atoms with Gasteiger partial charge in [-0.3, -0.25) is 4.79 Å². The van der Waals surface area contributed by atoms with Crippen LogP contribution < -0.4 is 4.74 Å². The lowest BCUT2D eigenvalue weighted by Gasteiger charge is -2.01. The highest BCUT2D eigenvalue weighted by molar-refractivity contribution is 6.51. The van der Waals surface area contributed by atoms with Crippen LogP contribution in [0, 0.1) is 11.3 Å².